The molecule has 0 aromatic heterocycles. The number of unbranched alkanes of at least 4 members (excludes halogenated alkanes) is 15. The highest BCUT2D eigenvalue weighted by Gasteiger charge is 2.03. The molecule has 0 aliphatic heterocycles. The van der Waals surface area contributed by atoms with Crippen LogP contribution in [0.5, 0.6) is 0 Å². The number of rotatable bonds is 19. The number of hydrogen-bond acceptors (Lipinski definition) is 1. The SMILES string of the molecule is CCCCCCCCCCCCCCCCCCC(CC)CO. The topological polar surface area (TPSA) is 20.2 Å². The van der Waals surface area contributed by atoms with E-state index in [-0.39, 0.29) is 0 Å². The molecular weight excluding hydrogens is 280 g/mol. The lowest BCUT2D eigenvalue weighted by Crippen LogP contribution is -2.03. The van der Waals surface area contributed by atoms with Gasteiger partial charge in [-0.2, -0.15) is 0 Å². The Bertz CT molecular complexity index is 198. The molecule has 1 unspecified atom stereocenters. The lowest BCUT2D eigenvalue weighted by Gasteiger charge is -2.10. The maximum Gasteiger partial charge on any atom is 0.0459 e. The zero-order valence-corrected chi connectivity index (χ0v) is 16.5. The standard InChI is InChI=1S/C22H46O/c1-3-5-6-7-8-9-10-11-12-13-14-15-16-17-18-19-20-22(4-2)21-23/h22-23H,3-21H2,1-2H3. The summed E-state index contributed by atoms with van der Waals surface area (Å²) in [6.07, 6.45) is 25.3. The third-order valence-electron chi connectivity index (χ3n) is 5.30. The van der Waals surface area contributed by atoms with Gasteiger partial charge in [0.25, 0.3) is 0 Å². The van der Waals surface area contributed by atoms with Crippen LogP contribution in [0.1, 0.15) is 129 Å². The molecule has 0 aliphatic carbocycles. The molecule has 0 rings (SSSR count). The fourth-order valence-corrected chi connectivity index (χ4v) is 3.41. The van der Waals surface area contributed by atoms with Crippen LogP contribution in [0.25, 0.3) is 0 Å². The van der Waals surface area contributed by atoms with E-state index in [0.717, 1.165) is 6.42 Å². The molecular formula is C22H46O. The molecule has 0 radical (unpaired) electrons. The summed E-state index contributed by atoms with van der Waals surface area (Å²) in [7, 11) is 0. The van der Waals surface area contributed by atoms with Crippen LogP contribution < -0.4 is 0 Å². The summed E-state index contributed by atoms with van der Waals surface area (Å²) in [5.41, 5.74) is 0. The van der Waals surface area contributed by atoms with Gasteiger partial charge in [0.2, 0.25) is 0 Å². The highest BCUT2D eigenvalue weighted by atomic mass is 16.3. The first-order chi connectivity index (χ1) is 11.3. The molecule has 0 amide bonds. The van der Waals surface area contributed by atoms with E-state index in [4.69, 9.17) is 5.11 Å². The molecule has 0 heterocycles. The van der Waals surface area contributed by atoms with E-state index in [1.165, 1.54) is 109 Å². The van der Waals surface area contributed by atoms with Crippen molar-refractivity contribution in [1.82, 2.24) is 0 Å². The van der Waals surface area contributed by atoms with E-state index in [1.54, 1.807) is 0 Å². The molecule has 23 heavy (non-hydrogen) atoms. The molecule has 1 N–H and O–H groups in total. The van der Waals surface area contributed by atoms with Crippen LogP contribution in [0.4, 0.5) is 0 Å². The predicted octanol–water partition coefficient (Wildman–Crippen LogP) is 7.66. The maximum atomic E-state index is 9.15. The van der Waals surface area contributed by atoms with Crippen LogP contribution in [0.3, 0.4) is 0 Å². The van der Waals surface area contributed by atoms with E-state index in [0.29, 0.717) is 12.5 Å². The largest absolute Gasteiger partial charge is 0.396 e. The fraction of sp³-hybridized carbons (Fsp3) is 1.00. The summed E-state index contributed by atoms with van der Waals surface area (Å²) in [5.74, 6) is 0.557. The molecule has 140 valence electrons. The molecule has 0 saturated carbocycles. The molecule has 1 atom stereocenters. The summed E-state index contributed by atoms with van der Waals surface area (Å²) in [5, 5.41) is 9.15. The first kappa shape index (κ1) is 23.0. The van der Waals surface area contributed by atoms with Gasteiger partial charge in [-0.15, -0.1) is 0 Å². The van der Waals surface area contributed by atoms with Gasteiger partial charge in [-0.1, -0.05) is 123 Å². The van der Waals surface area contributed by atoms with Crippen molar-refractivity contribution in [2.75, 3.05) is 6.61 Å². The van der Waals surface area contributed by atoms with Gasteiger partial charge >= 0.3 is 0 Å². The Morgan fingerprint density at radius 1 is 0.522 bits per heavy atom. The fourth-order valence-electron chi connectivity index (χ4n) is 3.41. The second-order valence-corrected chi connectivity index (χ2v) is 7.55. The zero-order chi connectivity index (χ0) is 17.0. The van der Waals surface area contributed by atoms with Crippen LogP contribution in [0, 0.1) is 5.92 Å². The Balaban J connectivity index is 3.02. The zero-order valence-electron chi connectivity index (χ0n) is 16.5. The predicted molar refractivity (Wildman–Crippen MR) is 105 cm³/mol. The van der Waals surface area contributed by atoms with Crippen LogP contribution in [0.2, 0.25) is 0 Å². The first-order valence-corrected chi connectivity index (χ1v) is 11.0. The van der Waals surface area contributed by atoms with Crippen LogP contribution in [-0.2, 0) is 0 Å². The number of hydrogen-bond donors (Lipinski definition) is 1. The van der Waals surface area contributed by atoms with Crippen molar-refractivity contribution in [1.29, 1.82) is 0 Å². The first-order valence-electron chi connectivity index (χ1n) is 11.0. The van der Waals surface area contributed by atoms with Gasteiger partial charge in [0.05, 0.1) is 0 Å². The molecule has 1 heteroatoms. The smallest absolute Gasteiger partial charge is 0.0459 e. The third kappa shape index (κ3) is 18.1. The molecule has 0 aromatic rings. The summed E-state index contributed by atoms with van der Waals surface area (Å²) >= 11 is 0. The highest BCUT2D eigenvalue weighted by molar-refractivity contribution is 4.56. The summed E-state index contributed by atoms with van der Waals surface area (Å²) in [4.78, 5) is 0. The van der Waals surface area contributed by atoms with Crippen LogP contribution in [-0.4, -0.2) is 11.7 Å². The molecule has 0 saturated heterocycles. The van der Waals surface area contributed by atoms with Crippen molar-refractivity contribution >= 4 is 0 Å². The summed E-state index contributed by atoms with van der Waals surface area (Å²) < 4.78 is 0. The second kappa shape index (κ2) is 20.0. The van der Waals surface area contributed by atoms with Crippen LogP contribution >= 0.6 is 0 Å². The van der Waals surface area contributed by atoms with Gasteiger partial charge in [-0.05, 0) is 12.3 Å². The number of aliphatic hydroxyl groups is 1. The van der Waals surface area contributed by atoms with Gasteiger partial charge in [0.15, 0.2) is 0 Å². The van der Waals surface area contributed by atoms with E-state index in [9.17, 15) is 0 Å². The quantitative estimate of drug-likeness (QED) is 0.242. The van der Waals surface area contributed by atoms with Crippen molar-refractivity contribution in [2.24, 2.45) is 5.92 Å². The Morgan fingerprint density at radius 3 is 1.17 bits per heavy atom. The normalized spacial score (nSPS) is 12.7. The van der Waals surface area contributed by atoms with E-state index >= 15 is 0 Å². The van der Waals surface area contributed by atoms with E-state index in [2.05, 4.69) is 13.8 Å². The van der Waals surface area contributed by atoms with E-state index < -0.39 is 0 Å². The molecule has 0 spiro atoms. The Morgan fingerprint density at radius 2 is 0.870 bits per heavy atom. The maximum absolute atomic E-state index is 9.15. The molecule has 0 aliphatic rings. The number of aliphatic hydroxyl groups excluding tert-OH is 1. The summed E-state index contributed by atoms with van der Waals surface area (Å²) in [6.45, 7) is 4.86. The molecule has 0 bridgehead atoms. The second-order valence-electron chi connectivity index (χ2n) is 7.55. The third-order valence-corrected chi connectivity index (χ3v) is 5.30. The Labute approximate surface area is 147 Å². The van der Waals surface area contributed by atoms with Gasteiger partial charge in [0.1, 0.15) is 0 Å². The van der Waals surface area contributed by atoms with Gasteiger partial charge < -0.3 is 5.11 Å². The molecule has 0 fully saturated rings. The minimum atomic E-state index is 0.384. The average Bonchev–Trinajstić information content (AvgIpc) is 2.58. The van der Waals surface area contributed by atoms with Crippen molar-refractivity contribution in [3.05, 3.63) is 0 Å². The minimum absolute atomic E-state index is 0.384. The molecule has 0 aromatic carbocycles. The molecule has 1 nitrogen and oxygen atoms in total. The van der Waals surface area contributed by atoms with E-state index in [1.807, 2.05) is 0 Å². The monoisotopic (exact) mass is 326 g/mol. The Kier molecular flexibility index (Phi) is 20.0. The van der Waals surface area contributed by atoms with Gasteiger partial charge in [-0.25, -0.2) is 0 Å². The lowest BCUT2D eigenvalue weighted by molar-refractivity contribution is 0.211. The highest BCUT2D eigenvalue weighted by Crippen LogP contribution is 2.16. The van der Waals surface area contributed by atoms with Crippen molar-refractivity contribution in [3.8, 4) is 0 Å². The Hall–Kier alpha value is -0.0400. The van der Waals surface area contributed by atoms with Crippen LogP contribution in [0.15, 0.2) is 0 Å². The van der Waals surface area contributed by atoms with Crippen molar-refractivity contribution in [3.63, 3.8) is 0 Å². The van der Waals surface area contributed by atoms with Gasteiger partial charge in [0, 0.05) is 6.61 Å². The summed E-state index contributed by atoms with van der Waals surface area (Å²) in [6, 6.07) is 0. The van der Waals surface area contributed by atoms with Crippen molar-refractivity contribution in [2.45, 2.75) is 129 Å². The van der Waals surface area contributed by atoms with Crippen molar-refractivity contribution < 1.29 is 5.11 Å². The lowest BCUT2D eigenvalue weighted by atomic mass is 9.98. The van der Waals surface area contributed by atoms with Gasteiger partial charge in [-0.3, -0.25) is 0 Å². The minimum Gasteiger partial charge on any atom is -0.396 e. The average molecular weight is 327 g/mol.